The zero-order valence-corrected chi connectivity index (χ0v) is 15.4. The lowest BCUT2D eigenvalue weighted by atomic mass is 9.82. The van der Waals surface area contributed by atoms with Crippen molar-refractivity contribution >= 4 is 23.5 Å². The van der Waals surface area contributed by atoms with Gasteiger partial charge in [0, 0.05) is 6.54 Å². The van der Waals surface area contributed by atoms with Gasteiger partial charge in [0.05, 0.1) is 23.7 Å². The molecule has 1 saturated heterocycles. The molecule has 0 radical (unpaired) electrons. The number of hydrogen-bond donors (Lipinski definition) is 1. The third-order valence-electron chi connectivity index (χ3n) is 5.69. The van der Waals surface area contributed by atoms with E-state index in [1.165, 1.54) is 37.8 Å². The first-order valence-corrected chi connectivity index (χ1v) is 9.27. The topological polar surface area (TPSA) is 77.9 Å². The Morgan fingerprint density at radius 2 is 1.92 bits per heavy atom. The SMILES string of the molecule is CC1CCC(CN(C)[C@H]2CC(=O)N(c3cccc(C(=O)O)c3)C2=O)CC1. The van der Waals surface area contributed by atoms with Crippen LogP contribution >= 0.6 is 0 Å². The van der Waals surface area contributed by atoms with Crippen LogP contribution < -0.4 is 4.90 Å². The number of likely N-dealkylation sites (N-methyl/N-ethyl adjacent to an activating group) is 1. The predicted octanol–water partition coefficient (Wildman–Crippen LogP) is 2.77. The summed E-state index contributed by atoms with van der Waals surface area (Å²) in [6.07, 6.45) is 4.94. The molecule has 2 amide bonds. The number of carboxylic acids is 1. The maximum Gasteiger partial charge on any atom is 0.335 e. The first-order valence-electron chi connectivity index (χ1n) is 9.27. The standard InChI is InChI=1S/C20H26N2O4/c1-13-6-8-14(9-7-13)12-21(2)17-11-18(23)22(19(17)24)16-5-3-4-15(10-16)20(25)26/h3-5,10,13-14,17H,6-9,11-12H2,1-2H3,(H,25,26)/t13?,14?,17-/m0/s1. The molecule has 1 N–H and O–H groups in total. The van der Waals surface area contributed by atoms with Crippen molar-refractivity contribution in [3.05, 3.63) is 29.8 Å². The summed E-state index contributed by atoms with van der Waals surface area (Å²) in [6, 6.07) is 5.52. The van der Waals surface area contributed by atoms with Crippen LogP contribution in [-0.4, -0.2) is 47.4 Å². The molecular weight excluding hydrogens is 332 g/mol. The minimum absolute atomic E-state index is 0.0660. The van der Waals surface area contributed by atoms with E-state index in [4.69, 9.17) is 5.11 Å². The van der Waals surface area contributed by atoms with Gasteiger partial charge in [-0.15, -0.1) is 0 Å². The molecule has 1 atom stereocenters. The smallest absolute Gasteiger partial charge is 0.335 e. The second kappa shape index (κ2) is 7.58. The lowest BCUT2D eigenvalue weighted by Gasteiger charge is -2.31. The van der Waals surface area contributed by atoms with Gasteiger partial charge in [-0.1, -0.05) is 25.8 Å². The molecule has 1 aliphatic heterocycles. The fourth-order valence-corrected chi connectivity index (χ4v) is 4.06. The monoisotopic (exact) mass is 358 g/mol. The highest BCUT2D eigenvalue weighted by Gasteiger charge is 2.42. The summed E-state index contributed by atoms with van der Waals surface area (Å²) in [5.41, 5.74) is 0.401. The highest BCUT2D eigenvalue weighted by molar-refractivity contribution is 6.22. The first-order chi connectivity index (χ1) is 12.4. The van der Waals surface area contributed by atoms with Crippen LogP contribution in [0, 0.1) is 11.8 Å². The first kappa shape index (κ1) is 18.6. The largest absolute Gasteiger partial charge is 0.478 e. The van der Waals surface area contributed by atoms with Crippen molar-refractivity contribution in [3.63, 3.8) is 0 Å². The third kappa shape index (κ3) is 3.80. The highest BCUT2D eigenvalue weighted by atomic mass is 16.4. The van der Waals surface area contributed by atoms with Gasteiger partial charge in [0.1, 0.15) is 0 Å². The maximum absolute atomic E-state index is 12.8. The van der Waals surface area contributed by atoms with E-state index in [2.05, 4.69) is 6.92 Å². The van der Waals surface area contributed by atoms with Crippen LogP contribution in [0.2, 0.25) is 0 Å². The number of anilines is 1. The zero-order valence-electron chi connectivity index (χ0n) is 15.4. The van der Waals surface area contributed by atoms with Crippen molar-refractivity contribution in [2.24, 2.45) is 11.8 Å². The van der Waals surface area contributed by atoms with E-state index in [0.29, 0.717) is 11.6 Å². The predicted molar refractivity (Wildman–Crippen MR) is 98.1 cm³/mol. The molecule has 2 aliphatic rings. The van der Waals surface area contributed by atoms with Gasteiger partial charge in [-0.25, -0.2) is 9.69 Å². The quantitative estimate of drug-likeness (QED) is 0.819. The lowest BCUT2D eigenvalue weighted by molar-refractivity contribution is -0.122. The summed E-state index contributed by atoms with van der Waals surface area (Å²) in [7, 11) is 1.91. The number of nitrogens with zero attached hydrogens (tertiary/aromatic N) is 2. The molecule has 1 aliphatic carbocycles. The van der Waals surface area contributed by atoms with Gasteiger partial charge >= 0.3 is 5.97 Å². The summed E-state index contributed by atoms with van der Waals surface area (Å²) >= 11 is 0. The van der Waals surface area contributed by atoms with Crippen molar-refractivity contribution < 1.29 is 19.5 Å². The van der Waals surface area contributed by atoms with Crippen LogP contribution in [0.15, 0.2) is 24.3 Å². The molecule has 1 heterocycles. The number of carbonyl (C=O) groups is 3. The van der Waals surface area contributed by atoms with E-state index in [0.717, 1.165) is 17.4 Å². The molecule has 26 heavy (non-hydrogen) atoms. The van der Waals surface area contributed by atoms with E-state index in [1.807, 2.05) is 11.9 Å². The number of amides is 2. The Kier molecular flexibility index (Phi) is 5.41. The van der Waals surface area contributed by atoms with Crippen LogP contribution in [0.25, 0.3) is 0 Å². The molecule has 1 aromatic carbocycles. The average molecular weight is 358 g/mol. The Labute approximate surface area is 153 Å². The fourth-order valence-electron chi connectivity index (χ4n) is 4.06. The number of hydrogen-bond acceptors (Lipinski definition) is 4. The lowest BCUT2D eigenvalue weighted by Crippen LogP contribution is -2.42. The summed E-state index contributed by atoms with van der Waals surface area (Å²) in [5, 5.41) is 9.13. The molecule has 2 fully saturated rings. The van der Waals surface area contributed by atoms with Crippen LogP contribution in [0.3, 0.4) is 0 Å². The zero-order chi connectivity index (χ0) is 18.8. The average Bonchev–Trinajstić information content (AvgIpc) is 2.91. The number of aromatic carboxylic acids is 1. The van der Waals surface area contributed by atoms with E-state index >= 15 is 0 Å². The van der Waals surface area contributed by atoms with Crippen molar-refractivity contribution in [1.29, 1.82) is 0 Å². The van der Waals surface area contributed by atoms with E-state index in [-0.39, 0.29) is 23.8 Å². The maximum atomic E-state index is 12.8. The number of carbonyl (C=O) groups excluding carboxylic acids is 2. The fraction of sp³-hybridized carbons (Fsp3) is 0.550. The van der Waals surface area contributed by atoms with Gasteiger partial charge in [0.2, 0.25) is 5.91 Å². The number of rotatable bonds is 5. The van der Waals surface area contributed by atoms with Gasteiger partial charge in [-0.2, -0.15) is 0 Å². The summed E-state index contributed by atoms with van der Waals surface area (Å²) in [6.45, 7) is 3.10. The van der Waals surface area contributed by atoms with Gasteiger partial charge < -0.3 is 5.11 Å². The molecule has 1 aromatic rings. The highest BCUT2D eigenvalue weighted by Crippen LogP contribution is 2.31. The van der Waals surface area contributed by atoms with E-state index < -0.39 is 12.0 Å². The van der Waals surface area contributed by atoms with Crippen LogP contribution in [0.5, 0.6) is 0 Å². The molecule has 0 unspecified atom stereocenters. The molecule has 0 bridgehead atoms. The Morgan fingerprint density at radius 1 is 1.23 bits per heavy atom. The molecule has 6 heteroatoms. The van der Waals surface area contributed by atoms with Crippen molar-refractivity contribution in [1.82, 2.24) is 4.90 Å². The molecule has 1 saturated carbocycles. The van der Waals surface area contributed by atoms with Crippen LogP contribution in [0.1, 0.15) is 49.4 Å². The van der Waals surface area contributed by atoms with Gasteiger partial charge in [0.15, 0.2) is 0 Å². The summed E-state index contributed by atoms with van der Waals surface area (Å²) in [5.74, 6) is -0.256. The van der Waals surface area contributed by atoms with Crippen molar-refractivity contribution in [2.45, 2.75) is 45.1 Å². The summed E-state index contributed by atoms with van der Waals surface area (Å²) < 4.78 is 0. The normalized spacial score (nSPS) is 26.6. The van der Waals surface area contributed by atoms with Gasteiger partial charge in [-0.3, -0.25) is 14.5 Å². The summed E-state index contributed by atoms with van der Waals surface area (Å²) in [4.78, 5) is 39.6. The third-order valence-corrected chi connectivity index (χ3v) is 5.69. The van der Waals surface area contributed by atoms with Crippen molar-refractivity contribution in [2.75, 3.05) is 18.5 Å². The number of benzene rings is 1. The van der Waals surface area contributed by atoms with E-state index in [9.17, 15) is 14.4 Å². The van der Waals surface area contributed by atoms with Crippen LogP contribution in [0.4, 0.5) is 5.69 Å². The molecular formula is C20H26N2O4. The van der Waals surface area contributed by atoms with Gasteiger partial charge in [-0.05, 0) is 49.9 Å². The molecule has 3 rings (SSSR count). The second-order valence-electron chi connectivity index (χ2n) is 7.71. The minimum atomic E-state index is -1.08. The molecule has 140 valence electrons. The Hall–Kier alpha value is -2.21. The van der Waals surface area contributed by atoms with Gasteiger partial charge in [0.25, 0.3) is 5.91 Å². The van der Waals surface area contributed by atoms with E-state index in [1.54, 1.807) is 12.1 Å². The van der Waals surface area contributed by atoms with Crippen LogP contribution in [-0.2, 0) is 9.59 Å². The molecule has 0 aromatic heterocycles. The Balaban J connectivity index is 1.70. The Bertz CT molecular complexity index is 710. The second-order valence-corrected chi connectivity index (χ2v) is 7.71. The number of carboxylic acid groups (broad SMARTS) is 1. The molecule has 0 spiro atoms. The molecule has 6 nitrogen and oxygen atoms in total. The minimum Gasteiger partial charge on any atom is -0.478 e. The number of imide groups is 1. The Morgan fingerprint density at radius 3 is 2.58 bits per heavy atom. The van der Waals surface area contributed by atoms with Crippen molar-refractivity contribution in [3.8, 4) is 0 Å².